The van der Waals surface area contributed by atoms with Crippen molar-refractivity contribution in [1.82, 2.24) is 5.32 Å². The van der Waals surface area contributed by atoms with E-state index in [2.05, 4.69) is 5.32 Å². The molecule has 1 aromatic carbocycles. The molecule has 7 heteroatoms. The van der Waals surface area contributed by atoms with Crippen LogP contribution in [0.25, 0.3) is 0 Å². The summed E-state index contributed by atoms with van der Waals surface area (Å²) in [5.41, 5.74) is 2.20. The van der Waals surface area contributed by atoms with Gasteiger partial charge in [0.05, 0.1) is 19.3 Å². The molecule has 30 heavy (non-hydrogen) atoms. The quantitative estimate of drug-likeness (QED) is 0.586. The Hall–Kier alpha value is -2.96. The largest absolute Gasteiger partial charge is 0.468 e. The van der Waals surface area contributed by atoms with Gasteiger partial charge in [0.1, 0.15) is 11.7 Å². The van der Waals surface area contributed by atoms with Gasteiger partial charge in [0.15, 0.2) is 5.78 Å². The van der Waals surface area contributed by atoms with Gasteiger partial charge in [0.2, 0.25) is 0 Å². The van der Waals surface area contributed by atoms with E-state index in [1.54, 1.807) is 13.0 Å². The van der Waals surface area contributed by atoms with Crippen LogP contribution in [0.5, 0.6) is 0 Å². The maximum Gasteiger partial charge on any atom is 0.336 e. The number of hydrogen-bond acceptors (Lipinski definition) is 6. The second-order valence-corrected chi connectivity index (χ2v) is 7.73. The molecule has 1 aromatic rings. The molecule has 0 spiro atoms. The minimum absolute atomic E-state index is 0.229. The van der Waals surface area contributed by atoms with Crippen LogP contribution in [0.15, 0.2) is 46.8 Å². The van der Waals surface area contributed by atoms with Crippen LogP contribution in [0.3, 0.4) is 0 Å². The molecule has 1 aliphatic heterocycles. The lowest BCUT2D eigenvalue weighted by Crippen LogP contribution is -2.43. The number of esters is 2. The maximum absolute atomic E-state index is 14.1. The van der Waals surface area contributed by atoms with Crippen molar-refractivity contribution in [3.05, 3.63) is 58.2 Å². The predicted molar refractivity (Wildman–Crippen MR) is 108 cm³/mol. The van der Waals surface area contributed by atoms with E-state index in [4.69, 9.17) is 9.47 Å². The molecule has 1 aliphatic carbocycles. The van der Waals surface area contributed by atoms with Crippen molar-refractivity contribution in [3.8, 4) is 0 Å². The van der Waals surface area contributed by atoms with Crippen LogP contribution in [-0.4, -0.2) is 31.4 Å². The fourth-order valence-electron chi connectivity index (χ4n) is 4.24. The standard InChI is InChI=1S/C23H26FNO5/c1-5-9-30-23(28)18-13(3)25-16-10-12(2)17(22(27)29-4)21(26)20(16)19(18)14-7-6-8-15(24)11-14/h6-8,11-12,17,19,25H,5,9-10H2,1-4H3/t12-,17+,19+/m1/s1. The van der Waals surface area contributed by atoms with Crippen molar-refractivity contribution in [2.75, 3.05) is 13.7 Å². The lowest BCUT2D eigenvalue weighted by atomic mass is 9.69. The fraction of sp³-hybridized carbons (Fsp3) is 0.435. The third-order valence-electron chi connectivity index (χ3n) is 5.58. The Balaban J connectivity index is 2.16. The molecule has 0 aromatic heterocycles. The second kappa shape index (κ2) is 8.81. The summed E-state index contributed by atoms with van der Waals surface area (Å²) in [4.78, 5) is 38.7. The number of methoxy groups -OCH3 is 1. The van der Waals surface area contributed by atoms with Gasteiger partial charge < -0.3 is 14.8 Å². The van der Waals surface area contributed by atoms with Crippen molar-refractivity contribution in [2.24, 2.45) is 11.8 Å². The normalized spacial score (nSPS) is 23.6. The van der Waals surface area contributed by atoms with Crippen LogP contribution in [0.2, 0.25) is 0 Å². The molecule has 1 heterocycles. The highest BCUT2D eigenvalue weighted by molar-refractivity contribution is 6.12. The predicted octanol–water partition coefficient (Wildman–Crippen LogP) is 3.39. The van der Waals surface area contributed by atoms with E-state index in [-0.39, 0.29) is 18.1 Å². The number of halogens is 1. The van der Waals surface area contributed by atoms with Gasteiger partial charge in [0, 0.05) is 22.9 Å². The van der Waals surface area contributed by atoms with Crippen molar-refractivity contribution in [3.63, 3.8) is 0 Å². The molecule has 3 atom stereocenters. The van der Waals surface area contributed by atoms with Crippen molar-refractivity contribution in [2.45, 2.75) is 39.5 Å². The first kappa shape index (κ1) is 21.7. The van der Waals surface area contributed by atoms with Crippen LogP contribution in [-0.2, 0) is 23.9 Å². The average Bonchev–Trinajstić information content (AvgIpc) is 2.70. The van der Waals surface area contributed by atoms with Crippen LogP contribution < -0.4 is 5.32 Å². The Morgan fingerprint density at radius 1 is 1.30 bits per heavy atom. The molecular formula is C23H26FNO5. The minimum atomic E-state index is -0.974. The zero-order valence-corrected chi connectivity index (χ0v) is 17.6. The molecule has 1 N–H and O–H groups in total. The summed E-state index contributed by atoms with van der Waals surface area (Å²) in [6, 6.07) is 5.81. The molecule has 0 bridgehead atoms. The van der Waals surface area contributed by atoms with Crippen molar-refractivity contribution >= 4 is 17.7 Å². The number of rotatable bonds is 5. The van der Waals surface area contributed by atoms with E-state index < -0.39 is 35.4 Å². The molecule has 6 nitrogen and oxygen atoms in total. The Morgan fingerprint density at radius 3 is 2.67 bits per heavy atom. The SMILES string of the molecule is CCCOC(=O)C1=C(C)NC2=C(C(=O)[C@@H](C(=O)OC)[C@H](C)C2)[C@H]1c1cccc(F)c1. The molecule has 3 rings (SSSR count). The summed E-state index contributed by atoms with van der Waals surface area (Å²) in [6.07, 6.45) is 1.08. The molecule has 0 saturated carbocycles. The zero-order valence-electron chi connectivity index (χ0n) is 17.6. The molecule has 0 unspecified atom stereocenters. The maximum atomic E-state index is 14.1. The molecule has 2 aliphatic rings. The fourth-order valence-corrected chi connectivity index (χ4v) is 4.24. The van der Waals surface area contributed by atoms with Gasteiger partial charge in [-0.05, 0) is 43.4 Å². The monoisotopic (exact) mass is 415 g/mol. The lowest BCUT2D eigenvalue weighted by molar-refractivity contribution is -0.151. The van der Waals surface area contributed by atoms with Gasteiger partial charge in [-0.25, -0.2) is 9.18 Å². The van der Waals surface area contributed by atoms with E-state index >= 15 is 0 Å². The number of hydrogen-bond donors (Lipinski definition) is 1. The van der Waals surface area contributed by atoms with Crippen LogP contribution in [0.1, 0.15) is 45.1 Å². The lowest BCUT2D eigenvalue weighted by Gasteiger charge is -2.38. The summed E-state index contributed by atoms with van der Waals surface area (Å²) < 4.78 is 24.3. The Kier molecular flexibility index (Phi) is 6.39. The van der Waals surface area contributed by atoms with Gasteiger partial charge in [-0.2, -0.15) is 0 Å². The highest BCUT2D eigenvalue weighted by atomic mass is 19.1. The number of carbonyl (C=O) groups excluding carboxylic acids is 3. The van der Waals surface area contributed by atoms with E-state index in [9.17, 15) is 18.8 Å². The number of carbonyl (C=O) groups is 3. The first-order valence-electron chi connectivity index (χ1n) is 10.1. The number of ketones is 1. The second-order valence-electron chi connectivity index (χ2n) is 7.73. The van der Waals surface area contributed by atoms with E-state index in [0.29, 0.717) is 35.4 Å². The van der Waals surface area contributed by atoms with Gasteiger partial charge >= 0.3 is 11.9 Å². The summed E-state index contributed by atoms with van der Waals surface area (Å²) in [6.45, 7) is 5.66. The van der Waals surface area contributed by atoms with Crippen molar-refractivity contribution in [1.29, 1.82) is 0 Å². The van der Waals surface area contributed by atoms with Gasteiger partial charge in [-0.1, -0.05) is 26.0 Å². The summed E-state index contributed by atoms with van der Waals surface area (Å²) in [5.74, 6) is -4.14. The topological polar surface area (TPSA) is 81.7 Å². The number of Topliss-reactive ketones (excluding diaryl/α,β-unsaturated/α-hetero) is 1. The van der Waals surface area contributed by atoms with Crippen LogP contribution >= 0.6 is 0 Å². The van der Waals surface area contributed by atoms with E-state index in [0.717, 1.165) is 0 Å². The molecule has 0 saturated heterocycles. The van der Waals surface area contributed by atoms with Crippen LogP contribution in [0.4, 0.5) is 4.39 Å². The summed E-state index contributed by atoms with van der Waals surface area (Å²) >= 11 is 0. The molecule has 0 amide bonds. The highest BCUT2D eigenvalue weighted by Gasteiger charge is 2.47. The summed E-state index contributed by atoms with van der Waals surface area (Å²) in [5, 5.41) is 3.17. The first-order chi connectivity index (χ1) is 14.3. The summed E-state index contributed by atoms with van der Waals surface area (Å²) in [7, 11) is 1.24. The number of ether oxygens (including phenoxy) is 2. The first-order valence-corrected chi connectivity index (χ1v) is 10.1. The third-order valence-corrected chi connectivity index (χ3v) is 5.58. The molecular weight excluding hydrogens is 389 g/mol. The number of nitrogens with one attached hydrogen (secondary N) is 1. The Labute approximate surface area is 175 Å². The van der Waals surface area contributed by atoms with Crippen LogP contribution in [0, 0.1) is 17.7 Å². The van der Waals surface area contributed by atoms with E-state index in [1.165, 1.54) is 25.3 Å². The van der Waals surface area contributed by atoms with Gasteiger partial charge in [-0.15, -0.1) is 0 Å². The number of benzene rings is 1. The Morgan fingerprint density at radius 2 is 2.03 bits per heavy atom. The van der Waals surface area contributed by atoms with Gasteiger partial charge in [0.25, 0.3) is 0 Å². The number of dihydropyridines is 1. The Bertz CT molecular complexity index is 949. The smallest absolute Gasteiger partial charge is 0.336 e. The molecule has 0 radical (unpaired) electrons. The molecule has 0 fully saturated rings. The zero-order chi connectivity index (χ0) is 22.0. The third kappa shape index (κ3) is 3.88. The number of allylic oxidation sites excluding steroid dienone is 3. The van der Waals surface area contributed by atoms with Crippen molar-refractivity contribution < 1.29 is 28.2 Å². The van der Waals surface area contributed by atoms with E-state index in [1.807, 2.05) is 13.8 Å². The van der Waals surface area contributed by atoms with Gasteiger partial charge in [-0.3, -0.25) is 9.59 Å². The minimum Gasteiger partial charge on any atom is -0.468 e. The average molecular weight is 415 g/mol. The highest BCUT2D eigenvalue weighted by Crippen LogP contribution is 2.45. The molecule has 160 valence electrons.